The molecule has 2 rings (SSSR count). The summed E-state index contributed by atoms with van der Waals surface area (Å²) in [6, 6.07) is 12.8. The maximum Gasteiger partial charge on any atom is 0.0837 e. The molecule has 1 fully saturated rings. The van der Waals surface area contributed by atoms with Gasteiger partial charge in [-0.05, 0) is 25.3 Å². The molecule has 0 saturated heterocycles. The minimum atomic E-state index is -0.0580. The molecule has 3 nitrogen and oxygen atoms in total. The van der Waals surface area contributed by atoms with Crippen LogP contribution in [0.1, 0.15) is 31.2 Å². The van der Waals surface area contributed by atoms with E-state index in [0.717, 1.165) is 31.6 Å². The molecule has 1 saturated carbocycles. The number of hydrogen-bond acceptors (Lipinski definition) is 3. The molecule has 0 aliphatic heterocycles. The number of nitriles is 1. The highest BCUT2D eigenvalue weighted by atomic mass is 16.5. The number of nitrogens with one attached hydrogen (secondary N) is 1. The van der Waals surface area contributed by atoms with Crippen molar-refractivity contribution >= 4 is 0 Å². The van der Waals surface area contributed by atoms with Crippen LogP contribution in [0.15, 0.2) is 30.3 Å². The summed E-state index contributed by atoms with van der Waals surface area (Å²) >= 11 is 0. The quantitative estimate of drug-likeness (QED) is 0.836. The van der Waals surface area contributed by atoms with Gasteiger partial charge in [-0.3, -0.25) is 0 Å². The van der Waals surface area contributed by atoms with Crippen LogP contribution < -0.4 is 5.32 Å². The smallest absolute Gasteiger partial charge is 0.0837 e. The Labute approximate surface area is 109 Å². The predicted octanol–water partition coefficient (Wildman–Crippen LogP) is 2.45. The van der Waals surface area contributed by atoms with Crippen molar-refractivity contribution in [3.63, 3.8) is 0 Å². The van der Waals surface area contributed by atoms with E-state index in [1.165, 1.54) is 0 Å². The molecule has 1 aromatic rings. The topological polar surface area (TPSA) is 45.0 Å². The Hall–Kier alpha value is -1.37. The molecule has 96 valence electrons. The molecule has 1 aromatic carbocycles. The van der Waals surface area contributed by atoms with E-state index in [9.17, 15) is 5.26 Å². The normalized spacial score (nSPS) is 24.0. The third-order valence-electron chi connectivity index (χ3n) is 3.47. The standard InChI is InChI=1S/C15H20N2O/c1-2-18-15-8-14(9-15)17-11-13(10-16)12-6-4-3-5-7-12/h3-7,13-15,17H,2,8-9,11H2,1H3. The molecule has 1 N–H and O–H groups in total. The van der Waals surface area contributed by atoms with Crippen molar-refractivity contribution in [3.8, 4) is 6.07 Å². The van der Waals surface area contributed by atoms with Crippen molar-refractivity contribution in [2.24, 2.45) is 0 Å². The van der Waals surface area contributed by atoms with Gasteiger partial charge in [0.2, 0.25) is 0 Å². The Morgan fingerprint density at radius 1 is 1.39 bits per heavy atom. The van der Waals surface area contributed by atoms with Crippen LogP contribution in [0.2, 0.25) is 0 Å². The molecule has 1 aliphatic carbocycles. The fourth-order valence-corrected chi connectivity index (χ4v) is 2.31. The summed E-state index contributed by atoms with van der Waals surface area (Å²) in [5.74, 6) is -0.0580. The molecule has 1 atom stereocenters. The summed E-state index contributed by atoms with van der Waals surface area (Å²) in [7, 11) is 0. The maximum absolute atomic E-state index is 9.20. The zero-order chi connectivity index (χ0) is 12.8. The highest BCUT2D eigenvalue weighted by molar-refractivity contribution is 5.25. The third kappa shape index (κ3) is 3.32. The first kappa shape index (κ1) is 13.1. The van der Waals surface area contributed by atoms with Crippen LogP contribution in [-0.2, 0) is 4.74 Å². The van der Waals surface area contributed by atoms with Crippen LogP contribution in [0, 0.1) is 11.3 Å². The van der Waals surface area contributed by atoms with E-state index in [-0.39, 0.29) is 5.92 Å². The summed E-state index contributed by atoms with van der Waals surface area (Å²) in [5, 5.41) is 12.7. The monoisotopic (exact) mass is 244 g/mol. The Morgan fingerprint density at radius 3 is 2.72 bits per heavy atom. The molecule has 0 amide bonds. The van der Waals surface area contributed by atoms with Gasteiger partial charge in [0, 0.05) is 19.2 Å². The minimum absolute atomic E-state index is 0.0580. The predicted molar refractivity (Wildman–Crippen MR) is 71.2 cm³/mol. The van der Waals surface area contributed by atoms with Gasteiger partial charge in [0.15, 0.2) is 0 Å². The van der Waals surface area contributed by atoms with Gasteiger partial charge >= 0.3 is 0 Å². The van der Waals surface area contributed by atoms with Gasteiger partial charge in [-0.15, -0.1) is 0 Å². The van der Waals surface area contributed by atoms with Crippen LogP contribution in [0.25, 0.3) is 0 Å². The first-order chi connectivity index (χ1) is 8.83. The Bertz CT molecular complexity index is 393. The molecule has 0 spiro atoms. The zero-order valence-corrected chi connectivity index (χ0v) is 10.8. The van der Waals surface area contributed by atoms with Gasteiger partial charge in [0.25, 0.3) is 0 Å². The SMILES string of the molecule is CCOC1CC(NCC(C#N)c2ccccc2)C1. The highest BCUT2D eigenvalue weighted by Gasteiger charge is 2.29. The van der Waals surface area contributed by atoms with E-state index < -0.39 is 0 Å². The molecular weight excluding hydrogens is 224 g/mol. The number of rotatable bonds is 6. The lowest BCUT2D eigenvalue weighted by Crippen LogP contribution is -2.46. The number of hydrogen-bond donors (Lipinski definition) is 1. The lowest BCUT2D eigenvalue weighted by molar-refractivity contribution is -0.00978. The first-order valence-electron chi connectivity index (χ1n) is 6.63. The van der Waals surface area contributed by atoms with E-state index in [1.54, 1.807) is 0 Å². The van der Waals surface area contributed by atoms with Gasteiger partial charge in [-0.2, -0.15) is 5.26 Å². The van der Waals surface area contributed by atoms with Crippen LogP contribution in [0.3, 0.4) is 0 Å². The summed E-state index contributed by atoms with van der Waals surface area (Å²) in [5.41, 5.74) is 1.09. The summed E-state index contributed by atoms with van der Waals surface area (Å²) in [4.78, 5) is 0. The molecule has 18 heavy (non-hydrogen) atoms. The van der Waals surface area contributed by atoms with Crippen molar-refractivity contribution < 1.29 is 4.74 Å². The molecular formula is C15H20N2O. The van der Waals surface area contributed by atoms with Crippen molar-refractivity contribution in [3.05, 3.63) is 35.9 Å². The summed E-state index contributed by atoms with van der Waals surface area (Å²) in [6.07, 6.45) is 2.56. The Kier molecular flexibility index (Phi) is 4.74. The second-order valence-corrected chi connectivity index (χ2v) is 4.75. The van der Waals surface area contributed by atoms with E-state index in [0.29, 0.717) is 12.1 Å². The molecule has 1 unspecified atom stereocenters. The van der Waals surface area contributed by atoms with Crippen molar-refractivity contribution in [2.75, 3.05) is 13.2 Å². The summed E-state index contributed by atoms with van der Waals surface area (Å²) < 4.78 is 5.52. The number of benzene rings is 1. The fourth-order valence-electron chi connectivity index (χ4n) is 2.31. The average molecular weight is 244 g/mol. The molecule has 1 aliphatic rings. The summed E-state index contributed by atoms with van der Waals surface area (Å²) in [6.45, 7) is 3.55. The average Bonchev–Trinajstić information content (AvgIpc) is 2.37. The van der Waals surface area contributed by atoms with Gasteiger partial charge < -0.3 is 10.1 Å². The Morgan fingerprint density at radius 2 is 2.11 bits per heavy atom. The third-order valence-corrected chi connectivity index (χ3v) is 3.47. The number of nitrogens with zero attached hydrogens (tertiary/aromatic N) is 1. The van der Waals surface area contributed by atoms with Crippen LogP contribution in [0.4, 0.5) is 0 Å². The van der Waals surface area contributed by atoms with Crippen molar-refractivity contribution in [2.45, 2.75) is 37.8 Å². The number of ether oxygens (including phenoxy) is 1. The minimum Gasteiger partial charge on any atom is -0.378 e. The van der Waals surface area contributed by atoms with Gasteiger partial charge in [-0.25, -0.2) is 0 Å². The molecule has 0 heterocycles. The second kappa shape index (κ2) is 6.53. The van der Waals surface area contributed by atoms with Crippen LogP contribution in [0.5, 0.6) is 0 Å². The Balaban J connectivity index is 1.75. The van der Waals surface area contributed by atoms with E-state index in [1.807, 2.05) is 37.3 Å². The largest absolute Gasteiger partial charge is 0.378 e. The van der Waals surface area contributed by atoms with Crippen LogP contribution in [-0.4, -0.2) is 25.3 Å². The molecule has 0 aromatic heterocycles. The first-order valence-corrected chi connectivity index (χ1v) is 6.63. The van der Waals surface area contributed by atoms with E-state index >= 15 is 0 Å². The molecule has 0 bridgehead atoms. The van der Waals surface area contributed by atoms with Gasteiger partial charge in [0.05, 0.1) is 18.1 Å². The van der Waals surface area contributed by atoms with Gasteiger partial charge in [-0.1, -0.05) is 30.3 Å². The van der Waals surface area contributed by atoms with E-state index in [4.69, 9.17) is 4.74 Å². The second-order valence-electron chi connectivity index (χ2n) is 4.75. The lowest BCUT2D eigenvalue weighted by atomic mass is 9.88. The zero-order valence-electron chi connectivity index (χ0n) is 10.8. The maximum atomic E-state index is 9.20. The van der Waals surface area contributed by atoms with Crippen molar-refractivity contribution in [1.82, 2.24) is 5.32 Å². The van der Waals surface area contributed by atoms with Crippen molar-refractivity contribution in [1.29, 1.82) is 5.26 Å². The highest BCUT2D eigenvalue weighted by Crippen LogP contribution is 2.24. The van der Waals surface area contributed by atoms with Crippen LogP contribution >= 0.6 is 0 Å². The van der Waals surface area contributed by atoms with Gasteiger partial charge in [0.1, 0.15) is 0 Å². The molecule has 0 radical (unpaired) electrons. The molecule has 3 heteroatoms. The van der Waals surface area contributed by atoms with E-state index in [2.05, 4.69) is 11.4 Å². The fraction of sp³-hybridized carbons (Fsp3) is 0.533. The lowest BCUT2D eigenvalue weighted by Gasteiger charge is -2.36.